The highest BCUT2D eigenvalue weighted by atomic mass is 16.4. The van der Waals surface area contributed by atoms with Gasteiger partial charge < -0.3 is 15.7 Å². The van der Waals surface area contributed by atoms with Crippen molar-refractivity contribution in [2.75, 3.05) is 5.32 Å². The van der Waals surface area contributed by atoms with Gasteiger partial charge in [-0.15, -0.1) is 0 Å². The van der Waals surface area contributed by atoms with Gasteiger partial charge in [0.1, 0.15) is 6.04 Å². The molecule has 1 saturated carbocycles. The minimum absolute atomic E-state index is 0.00714. The number of aliphatic carboxylic acids is 1. The summed E-state index contributed by atoms with van der Waals surface area (Å²) < 4.78 is 0. The molecule has 0 bridgehead atoms. The number of carbonyl (C=O) groups is 3. The van der Waals surface area contributed by atoms with E-state index >= 15 is 0 Å². The van der Waals surface area contributed by atoms with Gasteiger partial charge in [0.05, 0.1) is 0 Å². The molecule has 0 saturated heterocycles. The van der Waals surface area contributed by atoms with Crippen LogP contribution in [0.2, 0.25) is 0 Å². The summed E-state index contributed by atoms with van der Waals surface area (Å²) in [6, 6.07) is 5.58. The molecule has 1 aliphatic carbocycles. The predicted octanol–water partition coefficient (Wildman–Crippen LogP) is 2.41. The Morgan fingerprint density at radius 2 is 1.87 bits per heavy atom. The molecule has 0 aliphatic heterocycles. The lowest BCUT2D eigenvalue weighted by Gasteiger charge is -2.14. The number of amides is 2. The standard InChI is InChI=1S/C17H22N2O4/c1-2-3-4-14(17(22)23)19-16(21)12-7-9-13(10-8-12)18-15(20)11-5-6-11/h7-11,14H,2-6H2,1H3,(H,18,20)(H,19,21)(H,22,23)/t14-/m0/s1. The molecule has 0 aromatic heterocycles. The number of hydrogen-bond donors (Lipinski definition) is 3. The average Bonchev–Trinajstić information content (AvgIpc) is 3.36. The quantitative estimate of drug-likeness (QED) is 0.686. The van der Waals surface area contributed by atoms with Crippen LogP contribution in [-0.4, -0.2) is 28.9 Å². The van der Waals surface area contributed by atoms with Crippen LogP contribution in [0, 0.1) is 5.92 Å². The largest absolute Gasteiger partial charge is 0.480 e. The number of carboxylic acids is 1. The Balaban J connectivity index is 1.93. The number of rotatable bonds is 8. The Kier molecular flexibility index (Phi) is 5.73. The minimum Gasteiger partial charge on any atom is -0.480 e. The first-order chi connectivity index (χ1) is 11.0. The first-order valence-corrected chi connectivity index (χ1v) is 7.96. The maximum absolute atomic E-state index is 12.1. The van der Waals surface area contributed by atoms with E-state index in [0.717, 1.165) is 25.7 Å². The Bertz CT molecular complexity index is 579. The van der Waals surface area contributed by atoms with E-state index in [2.05, 4.69) is 10.6 Å². The zero-order valence-electron chi connectivity index (χ0n) is 13.2. The van der Waals surface area contributed by atoms with Crippen molar-refractivity contribution in [3.05, 3.63) is 29.8 Å². The average molecular weight is 318 g/mol. The van der Waals surface area contributed by atoms with Gasteiger partial charge in [0.15, 0.2) is 0 Å². The SMILES string of the molecule is CCCC[C@H](NC(=O)c1ccc(NC(=O)C2CC2)cc1)C(=O)O. The van der Waals surface area contributed by atoms with Crippen molar-refractivity contribution >= 4 is 23.5 Å². The fraction of sp³-hybridized carbons (Fsp3) is 0.471. The monoisotopic (exact) mass is 318 g/mol. The van der Waals surface area contributed by atoms with Crippen LogP contribution in [0.4, 0.5) is 5.69 Å². The first kappa shape index (κ1) is 17.0. The number of anilines is 1. The van der Waals surface area contributed by atoms with E-state index in [0.29, 0.717) is 17.7 Å². The molecule has 1 aromatic rings. The van der Waals surface area contributed by atoms with E-state index in [1.807, 2.05) is 6.92 Å². The second-order valence-electron chi connectivity index (χ2n) is 5.85. The van der Waals surface area contributed by atoms with Crippen molar-refractivity contribution in [2.45, 2.75) is 45.1 Å². The minimum atomic E-state index is -1.03. The number of nitrogens with one attached hydrogen (secondary N) is 2. The smallest absolute Gasteiger partial charge is 0.326 e. The lowest BCUT2D eigenvalue weighted by Crippen LogP contribution is -2.40. The molecule has 6 nitrogen and oxygen atoms in total. The van der Waals surface area contributed by atoms with Crippen molar-refractivity contribution in [1.29, 1.82) is 0 Å². The maximum atomic E-state index is 12.1. The van der Waals surface area contributed by atoms with Gasteiger partial charge in [0.25, 0.3) is 5.91 Å². The van der Waals surface area contributed by atoms with Gasteiger partial charge in [-0.2, -0.15) is 0 Å². The molecule has 1 fully saturated rings. The van der Waals surface area contributed by atoms with E-state index in [1.165, 1.54) is 0 Å². The molecular formula is C17H22N2O4. The Morgan fingerprint density at radius 3 is 2.39 bits per heavy atom. The Morgan fingerprint density at radius 1 is 1.22 bits per heavy atom. The second kappa shape index (κ2) is 7.76. The molecule has 1 aromatic carbocycles. The normalized spacial score (nSPS) is 14.8. The molecule has 23 heavy (non-hydrogen) atoms. The third-order valence-corrected chi connectivity index (χ3v) is 3.81. The van der Waals surface area contributed by atoms with Crippen molar-refractivity contribution < 1.29 is 19.5 Å². The van der Waals surface area contributed by atoms with E-state index in [9.17, 15) is 14.4 Å². The highest BCUT2D eigenvalue weighted by Crippen LogP contribution is 2.30. The van der Waals surface area contributed by atoms with Crippen LogP contribution in [0.5, 0.6) is 0 Å². The Hall–Kier alpha value is -2.37. The molecule has 6 heteroatoms. The van der Waals surface area contributed by atoms with Gasteiger partial charge in [0.2, 0.25) is 5.91 Å². The molecule has 1 atom stereocenters. The van der Waals surface area contributed by atoms with Crippen LogP contribution in [-0.2, 0) is 9.59 Å². The number of carbonyl (C=O) groups excluding carboxylic acids is 2. The summed E-state index contributed by atoms with van der Waals surface area (Å²) in [7, 11) is 0. The molecule has 0 unspecified atom stereocenters. The second-order valence-corrected chi connectivity index (χ2v) is 5.85. The fourth-order valence-corrected chi connectivity index (χ4v) is 2.20. The van der Waals surface area contributed by atoms with Gasteiger partial charge in [-0.05, 0) is 43.5 Å². The van der Waals surface area contributed by atoms with Crippen molar-refractivity contribution in [3.63, 3.8) is 0 Å². The van der Waals surface area contributed by atoms with Crippen molar-refractivity contribution in [3.8, 4) is 0 Å². The first-order valence-electron chi connectivity index (χ1n) is 7.96. The summed E-state index contributed by atoms with van der Waals surface area (Å²) in [6.07, 6.45) is 3.88. The van der Waals surface area contributed by atoms with Crippen molar-refractivity contribution in [1.82, 2.24) is 5.32 Å². The van der Waals surface area contributed by atoms with E-state index < -0.39 is 17.9 Å². The number of unbranched alkanes of at least 4 members (excludes halogenated alkanes) is 1. The fourth-order valence-electron chi connectivity index (χ4n) is 2.20. The van der Waals surface area contributed by atoms with Crippen molar-refractivity contribution in [2.24, 2.45) is 5.92 Å². The lowest BCUT2D eigenvalue weighted by atomic mass is 10.1. The maximum Gasteiger partial charge on any atom is 0.326 e. The highest BCUT2D eigenvalue weighted by Gasteiger charge is 2.29. The molecular weight excluding hydrogens is 296 g/mol. The zero-order chi connectivity index (χ0) is 16.8. The number of benzene rings is 1. The third-order valence-electron chi connectivity index (χ3n) is 3.81. The summed E-state index contributed by atoms with van der Waals surface area (Å²) in [5.41, 5.74) is 1.01. The van der Waals surface area contributed by atoms with E-state index in [4.69, 9.17) is 5.11 Å². The summed E-state index contributed by atoms with van der Waals surface area (Å²) in [5, 5.41) is 14.5. The summed E-state index contributed by atoms with van der Waals surface area (Å²) in [4.78, 5) is 34.9. The zero-order valence-corrected chi connectivity index (χ0v) is 13.2. The van der Waals surface area contributed by atoms with Gasteiger partial charge in [-0.25, -0.2) is 4.79 Å². The third kappa shape index (κ3) is 5.09. The topological polar surface area (TPSA) is 95.5 Å². The summed E-state index contributed by atoms with van der Waals surface area (Å²) >= 11 is 0. The molecule has 0 spiro atoms. The highest BCUT2D eigenvalue weighted by molar-refractivity contribution is 5.98. The molecule has 0 heterocycles. The van der Waals surface area contributed by atoms with Crippen LogP contribution < -0.4 is 10.6 Å². The van der Waals surface area contributed by atoms with Gasteiger partial charge in [-0.1, -0.05) is 19.8 Å². The van der Waals surface area contributed by atoms with Crippen LogP contribution >= 0.6 is 0 Å². The summed E-state index contributed by atoms with van der Waals surface area (Å²) in [5.74, 6) is -1.32. The van der Waals surface area contributed by atoms with Gasteiger partial charge >= 0.3 is 5.97 Å². The predicted molar refractivity (Wildman–Crippen MR) is 86.2 cm³/mol. The molecule has 124 valence electrons. The van der Waals surface area contributed by atoms with Crippen LogP contribution in [0.25, 0.3) is 0 Å². The van der Waals surface area contributed by atoms with Gasteiger partial charge in [-0.3, -0.25) is 9.59 Å². The number of carboxylic acid groups (broad SMARTS) is 1. The van der Waals surface area contributed by atoms with Gasteiger partial charge in [0, 0.05) is 17.2 Å². The van der Waals surface area contributed by atoms with E-state index in [1.54, 1.807) is 24.3 Å². The molecule has 2 amide bonds. The molecule has 2 rings (SSSR count). The van der Waals surface area contributed by atoms with Crippen LogP contribution in [0.15, 0.2) is 24.3 Å². The molecule has 3 N–H and O–H groups in total. The lowest BCUT2D eigenvalue weighted by molar-refractivity contribution is -0.139. The molecule has 0 radical (unpaired) electrons. The van der Waals surface area contributed by atoms with Crippen LogP contribution in [0.1, 0.15) is 49.4 Å². The summed E-state index contributed by atoms with van der Waals surface area (Å²) in [6.45, 7) is 1.97. The molecule has 1 aliphatic rings. The number of hydrogen-bond acceptors (Lipinski definition) is 3. The van der Waals surface area contributed by atoms with Crippen LogP contribution in [0.3, 0.4) is 0 Å². The van der Waals surface area contributed by atoms with E-state index in [-0.39, 0.29) is 11.8 Å². The Labute approximate surface area is 135 Å².